The minimum atomic E-state index is -3.02. The van der Waals surface area contributed by atoms with Gasteiger partial charge in [-0.2, -0.15) is 0 Å². The van der Waals surface area contributed by atoms with Crippen molar-refractivity contribution in [3.05, 3.63) is 109 Å². The fraction of sp³-hybridized carbons (Fsp3) is 0.143. The molecule has 0 aromatic heterocycles. The Morgan fingerprint density at radius 3 is 2.00 bits per heavy atom. The van der Waals surface area contributed by atoms with Crippen molar-refractivity contribution in [1.29, 1.82) is 0 Å². The molecule has 0 saturated heterocycles. The predicted octanol–water partition coefficient (Wildman–Crippen LogP) is 7.39. The maximum atomic E-state index is 13.9. The van der Waals surface area contributed by atoms with Crippen LogP contribution in [-0.4, -0.2) is 0 Å². The average Bonchev–Trinajstić information content (AvgIpc) is 2.60. The van der Waals surface area contributed by atoms with Crippen LogP contribution in [0.3, 0.4) is 0 Å². The van der Waals surface area contributed by atoms with Crippen LogP contribution in [0.2, 0.25) is 0 Å². The van der Waals surface area contributed by atoms with Gasteiger partial charge in [0, 0.05) is 10.6 Å². The Bertz CT molecular complexity index is 689. The van der Waals surface area contributed by atoms with E-state index in [4.69, 9.17) is 0 Å². The molecule has 0 aliphatic rings. The van der Waals surface area contributed by atoms with Gasteiger partial charge in [0.05, 0.1) is 0 Å². The zero-order valence-corrected chi connectivity index (χ0v) is 17.3. The summed E-state index contributed by atoms with van der Waals surface area (Å²) in [6.45, 7) is 16.9. The van der Waals surface area contributed by atoms with Gasteiger partial charge in [-0.15, -0.1) is 0 Å². The molecule has 134 valence electrons. The monoisotopic (exact) mass is 373 g/mol. The molecule has 0 aromatic carbocycles. The molecule has 0 saturated carbocycles. The first-order chi connectivity index (χ1) is 12.0. The molecule has 0 heterocycles. The Morgan fingerprint density at radius 1 is 0.880 bits per heavy atom. The van der Waals surface area contributed by atoms with Crippen LogP contribution in [-0.2, 0) is 4.57 Å². The van der Waals surface area contributed by atoms with Crippen LogP contribution < -0.4 is 4.86 Å². The predicted molar refractivity (Wildman–Crippen MR) is 118 cm³/mol. The smallest absolute Gasteiger partial charge is 0.207 e. The fourth-order valence-corrected chi connectivity index (χ4v) is 6.24. The molecule has 2 unspecified atom stereocenters. The Balaban J connectivity index is 6.10. The molecule has 2 nitrogen and oxygen atoms in total. The second-order valence-corrected chi connectivity index (χ2v) is 8.81. The van der Waals surface area contributed by atoms with Crippen LogP contribution in [0.1, 0.15) is 20.8 Å². The lowest BCUT2D eigenvalue weighted by atomic mass is 10.4. The van der Waals surface area contributed by atoms with E-state index in [2.05, 4.69) is 24.6 Å². The summed E-state index contributed by atoms with van der Waals surface area (Å²) in [6, 6.07) is 0. The first-order valence-corrected chi connectivity index (χ1v) is 10.7. The molecule has 0 spiro atoms. The topological polar surface area (TPSA) is 29.1 Å². The van der Waals surface area contributed by atoms with Gasteiger partial charge in [0.25, 0.3) is 0 Å². The zero-order valence-electron chi connectivity index (χ0n) is 15.4. The molecule has 0 bridgehead atoms. The molecule has 0 aliphatic heterocycles. The number of hydrogen-bond acceptors (Lipinski definition) is 1. The van der Waals surface area contributed by atoms with E-state index in [1.807, 2.05) is 63.3 Å². The highest BCUT2D eigenvalue weighted by Crippen LogP contribution is 2.61. The molecular weight excluding hydrogens is 344 g/mol. The van der Waals surface area contributed by atoms with Crippen molar-refractivity contribution in [2.45, 2.75) is 20.8 Å². The largest absolute Gasteiger partial charge is 0.296 e. The van der Waals surface area contributed by atoms with Gasteiger partial charge in [0.15, 0.2) is 0 Å². The SMILES string of the molecule is C=C/C=C\C(=C/C)P(=O)(NPC(/C=C\C)=C/C=C)C(/C=C\C)=C/C=C. The third kappa shape index (κ3) is 7.80. The minimum Gasteiger partial charge on any atom is -0.296 e. The Labute approximate surface area is 155 Å². The van der Waals surface area contributed by atoms with Crippen molar-refractivity contribution in [3.8, 4) is 0 Å². The first kappa shape index (κ1) is 23.3. The van der Waals surface area contributed by atoms with Crippen molar-refractivity contribution in [3.63, 3.8) is 0 Å². The van der Waals surface area contributed by atoms with Crippen molar-refractivity contribution in [1.82, 2.24) is 4.86 Å². The van der Waals surface area contributed by atoms with Crippen molar-refractivity contribution >= 4 is 16.0 Å². The third-order valence-electron chi connectivity index (χ3n) is 3.05. The quantitative estimate of drug-likeness (QED) is 0.302. The van der Waals surface area contributed by atoms with E-state index in [1.54, 1.807) is 30.4 Å². The van der Waals surface area contributed by atoms with Crippen LogP contribution in [0.5, 0.6) is 0 Å². The van der Waals surface area contributed by atoms with Gasteiger partial charge in [0.2, 0.25) is 7.29 Å². The van der Waals surface area contributed by atoms with Crippen LogP contribution in [0.25, 0.3) is 0 Å². The molecule has 0 amide bonds. The van der Waals surface area contributed by atoms with Crippen LogP contribution in [0, 0.1) is 0 Å². The molecule has 25 heavy (non-hydrogen) atoms. The summed E-state index contributed by atoms with van der Waals surface area (Å²) >= 11 is 0. The molecule has 0 fully saturated rings. The van der Waals surface area contributed by atoms with E-state index >= 15 is 0 Å². The summed E-state index contributed by atoms with van der Waals surface area (Å²) in [5.41, 5.74) is 0. The fourth-order valence-electron chi connectivity index (χ4n) is 1.97. The number of allylic oxidation sites excluding steroid dienone is 15. The summed E-state index contributed by atoms with van der Waals surface area (Å²) in [5.74, 6) is 0. The highest BCUT2D eigenvalue weighted by molar-refractivity contribution is 7.77. The minimum absolute atomic E-state index is 0.171. The van der Waals surface area contributed by atoms with E-state index in [0.717, 1.165) is 10.6 Å². The van der Waals surface area contributed by atoms with E-state index in [9.17, 15) is 4.57 Å². The second kappa shape index (κ2) is 13.6. The van der Waals surface area contributed by atoms with Gasteiger partial charge >= 0.3 is 0 Å². The van der Waals surface area contributed by atoms with E-state index in [0.29, 0.717) is 5.31 Å². The van der Waals surface area contributed by atoms with Gasteiger partial charge < -0.3 is 0 Å². The van der Waals surface area contributed by atoms with Crippen molar-refractivity contribution in [2.24, 2.45) is 0 Å². The Morgan fingerprint density at radius 2 is 1.52 bits per heavy atom. The first-order valence-electron chi connectivity index (χ1n) is 8.04. The van der Waals surface area contributed by atoms with Crippen LogP contribution in [0.4, 0.5) is 0 Å². The van der Waals surface area contributed by atoms with Gasteiger partial charge in [-0.3, -0.25) is 4.57 Å². The molecule has 0 aromatic rings. The summed E-state index contributed by atoms with van der Waals surface area (Å²) in [7, 11) is -2.85. The summed E-state index contributed by atoms with van der Waals surface area (Å²) in [6.07, 6.45) is 21.9. The number of nitrogens with one attached hydrogen (secondary N) is 1. The molecule has 4 heteroatoms. The number of rotatable bonds is 11. The summed E-state index contributed by atoms with van der Waals surface area (Å²) in [4.78, 5) is 3.29. The van der Waals surface area contributed by atoms with E-state index in [1.165, 1.54) is 0 Å². The molecule has 2 atom stereocenters. The summed E-state index contributed by atoms with van der Waals surface area (Å²) < 4.78 is 13.9. The Kier molecular flexibility index (Phi) is 12.6. The van der Waals surface area contributed by atoms with Gasteiger partial charge in [-0.1, -0.05) is 92.6 Å². The van der Waals surface area contributed by atoms with Crippen molar-refractivity contribution < 1.29 is 4.57 Å². The average molecular weight is 373 g/mol. The lowest BCUT2D eigenvalue weighted by Crippen LogP contribution is -2.03. The molecule has 0 rings (SSSR count). The second-order valence-electron chi connectivity index (χ2n) is 4.84. The van der Waals surface area contributed by atoms with Gasteiger partial charge in [0.1, 0.15) is 0 Å². The zero-order chi connectivity index (χ0) is 19.1. The van der Waals surface area contributed by atoms with Crippen molar-refractivity contribution in [2.75, 3.05) is 0 Å². The van der Waals surface area contributed by atoms with Crippen LogP contribution in [0.15, 0.2) is 109 Å². The third-order valence-corrected chi connectivity index (χ3v) is 7.54. The normalized spacial score (nSPS) is 17.0. The van der Waals surface area contributed by atoms with E-state index < -0.39 is 7.29 Å². The van der Waals surface area contributed by atoms with Gasteiger partial charge in [-0.05, 0) is 34.8 Å². The van der Waals surface area contributed by atoms with Crippen LogP contribution >= 0.6 is 16.0 Å². The highest BCUT2D eigenvalue weighted by atomic mass is 31.2. The Hall–Kier alpha value is -1.72. The molecule has 0 aliphatic carbocycles. The standard InChI is InChI=1S/C21H29NOP2/c1-7-13-18-20(12-6)25(23,21(16-10-4)17-11-5)22-24-19(14-8-2)15-9-3/h7-18,24H,1-2,4H2,3,5-6H3,(H,22,23)/b15-9-,17-11-,18-13-,19-14+,20-12+,21-16+. The van der Waals surface area contributed by atoms with E-state index in [-0.39, 0.29) is 8.73 Å². The maximum absolute atomic E-state index is 13.9. The highest BCUT2D eigenvalue weighted by Gasteiger charge is 2.28. The molecule has 1 N–H and O–H groups in total. The summed E-state index contributed by atoms with van der Waals surface area (Å²) in [5, 5.41) is 2.46. The molecular formula is C21H29NOP2. The lowest BCUT2D eigenvalue weighted by Gasteiger charge is -2.22. The van der Waals surface area contributed by atoms with Gasteiger partial charge in [-0.25, -0.2) is 4.86 Å². The maximum Gasteiger partial charge on any atom is 0.207 e. The lowest BCUT2D eigenvalue weighted by molar-refractivity contribution is 0.582. The number of hydrogen-bond donors (Lipinski definition) is 1. The molecule has 0 radical (unpaired) electrons.